The summed E-state index contributed by atoms with van der Waals surface area (Å²) in [5.41, 5.74) is 2.46. The summed E-state index contributed by atoms with van der Waals surface area (Å²) in [5.74, 6) is 0.844. The van der Waals surface area contributed by atoms with Crippen molar-refractivity contribution in [3.63, 3.8) is 0 Å². The Morgan fingerprint density at radius 1 is 1.53 bits per heavy atom. The highest BCUT2D eigenvalue weighted by Crippen LogP contribution is 2.34. The van der Waals surface area contributed by atoms with Crippen LogP contribution in [0.1, 0.15) is 31.0 Å². The van der Waals surface area contributed by atoms with Gasteiger partial charge >= 0.3 is 0 Å². The molecule has 0 fully saturated rings. The molecule has 1 aromatic carbocycles. The maximum atomic E-state index is 9.74. The van der Waals surface area contributed by atoms with Crippen LogP contribution >= 0.6 is 0 Å². The molecule has 0 spiro atoms. The van der Waals surface area contributed by atoms with E-state index in [1.807, 2.05) is 19.1 Å². The van der Waals surface area contributed by atoms with Crippen LogP contribution in [0.25, 0.3) is 0 Å². The lowest BCUT2D eigenvalue weighted by Crippen LogP contribution is -2.27. The Bertz CT molecular complexity index is 363. The van der Waals surface area contributed by atoms with Crippen molar-refractivity contribution in [2.24, 2.45) is 0 Å². The van der Waals surface area contributed by atoms with Crippen LogP contribution in [0, 0.1) is 0 Å². The van der Waals surface area contributed by atoms with Gasteiger partial charge in [-0.25, -0.2) is 0 Å². The quantitative estimate of drug-likeness (QED) is 0.779. The van der Waals surface area contributed by atoms with E-state index in [0.29, 0.717) is 18.4 Å². The number of aromatic hydroxyl groups is 1. The summed E-state index contributed by atoms with van der Waals surface area (Å²) >= 11 is 0. The topological polar surface area (TPSA) is 41.5 Å². The molecule has 0 saturated carbocycles. The van der Waals surface area contributed by atoms with E-state index in [0.717, 1.165) is 13.0 Å². The molecule has 2 N–H and O–H groups in total. The van der Waals surface area contributed by atoms with Gasteiger partial charge in [0.05, 0.1) is 6.61 Å². The van der Waals surface area contributed by atoms with E-state index < -0.39 is 0 Å². The van der Waals surface area contributed by atoms with Crippen LogP contribution in [0.4, 0.5) is 0 Å². The summed E-state index contributed by atoms with van der Waals surface area (Å²) in [6, 6.07) is 4.12. The van der Waals surface area contributed by atoms with Crippen LogP contribution in [0.2, 0.25) is 0 Å². The predicted octanol–water partition coefficient (Wildman–Crippen LogP) is 2.00. The molecule has 3 nitrogen and oxygen atoms in total. The molecule has 0 aromatic heterocycles. The molecule has 0 radical (unpaired) electrons. The first-order chi connectivity index (χ1) is 7.22. The van der Waals surface area contributed by atoms with Crippen LogP contribution in [-0.4, -0.2) is 18.3 Å². The van der Waals surface area contributed by atoms with Crippen LogP contribution in [0.5, 0.6) is 11.5 Å². The van der Waals surface area contributed by atoms with Gasteiger partial charge in [0.15, 0.2) is 11.5 Å². The van der Waals surface area contributed by atoms with E-state index in [2.05, 4.69) is 12.2 Å². The number of nitrogens with one attached hydrogen (secondary N) is 1. The summed E-state index contributed by atoms with van der Waals surface area (Å²) in [5, 5.41) is 13.1. The molecule has 1 aromatic rings. The summed E-state index contributed by atoms with van der Waals surface area (Å²) < 4.78 is 5.37. The average Bonchev–Trinajstić information content (AvgIpc) is 2.21. The van der Waals surface area contributed by atoms with Gasteiger partial charge in [-0.3, -0.25) is 0 Å². The fraction of sp³-hybridized carbons (Fsp3) is 0.500. The highest BCUT2D eigenvalue weighted by Gasteiger charge is 2.18. The van der Waals surface area contributed by atoms with Gasteiger partial charge in [-0.2, -0.15) is 0 Å². The monoisotopic (exact) mass is 207 g/mol. The number of phenolic OH excluding ortho intramolecular Hbond substituents is 1. The Labute approximate surface area is 90.1 Å². The van der Waals surface area contributed by atoms with Crippen molar-refractivity contribution in [3.05, 3.63) is 23.3 Å². The maximum Gasteiger partial charge on any atom is 0.161 e. The van der Waals surface area contributed by atoms with Gasteiger partial charge in [-0.15, -0.1) is 0 Å². The highest BCUT2D eigenvalue weighted by atomic mass is 16.5. The zero-order valence-electron chi connectivity index (χ0n) is 9.21. The molecule has 1 aliphatic rings. The van der Waals surface area contributed by atoms with Gasteiger partial charge in [-0.1, -0.05) is 0 Å². The van der Waals surface area contributed by atoms with Gasteiger partial charge in [0.25, 0.3) is 0 Å². The summed E-state index contributed by atoms with van der Waals surface area (Å²) in [6.07, 6.45) is 0.972. The molecular formula is C12H17NO2. The van der Waals surface area contributed by atoms with Gasteiger partial charge in [-0.05, 0) is 50.1 Å². The molecule has 1 atom stereocenters. The number of hydrogen-bond donors (Lipinski definition) is 2. The van der Waals surface area contributed by atoms with E-state index in [1.54, 1.807) is 0 Å². The first-order valence-electron chi connectivity index (χ1n) is 5.44. The van der Waals surface area contributed by atoms with E-state index in [-0.39, 0.29) is 5.75 Å². The average molecular weight is 207 g/mol. The third kappa shape index (κ3) is 1.92. The second-order valence-corrected chi connectivity index (χ2v) is 3.88. The summed E-state index contributed by atoms with van der Waals surface area (Å²) in [6.45, 7) is 5.60. The minimum Gasteiger partial charge on any atom is -0.504 e. The Morgan fingerprint density at radius 3 is 3.07 bits per heavy atom. The molecule has 2 rings (SSSR count). The molecular weight excluding hydrogens is 190 g/mol. The standard InChI is InChI=1S/C12H17NO2/c1-3-15-12-7-10-8(2)13-5-4-9(10)6-11(12)14/h6-8,13-14H,3-5H2,1-2H3/t8-/m0/s1. The smallest absolute Gasteiger partial charge is 0.161 e. The fourth-order valence-corrected chi connectivity index (χ4v) is 2.05. The molecule has 0 amide bonds. The number of phenols is 1. The van der Waals surface area contributed by atoms with E-state index in [1.165, 1.54) is 11.1 Å². The Morgan fingerprint density at radius 2 is 2.33 bits per heavy atom. The molecule has 1 aliphatic heterocycles. The molecule has 0 unspecified atom stereocenters. The first-order valence-corrected chi connectivity index (χ1v) is 5.44. The fourth-order valence-electron chi connectivity index (χ4n) is 2.05. The number of hydrogen-bond acceptors (Lipinski definition) is 3. The van der Waals surface area contributed by atoms with Crippen molar-refractivity contribution >= 4 is 0 Å². The predicted molar refractivity (Wildman–Crippen MR) is 59.4 cm³/mol. The Kier molecular flexibility index (Phi) is 2.82. The molecule has 1 heterocycles. The van der Waals surface area contributed by atoms with Crippen molar-refractivity contribution in [2.75, 3.05) is 13.2 Å². The zero-order valence-corrected chi connectivity index (χ0v) is 9.21. The number of rotatable bonds is 2. The van der Waals surface area contributed by atoms with Crippen molar-refractivity contribution < 1.29 is 9.84 Å². The van der Waals surface area contributed by atoms with Crippen molar-refractivity contribution in [3.8, 4) is 11.5 Å². The van der Waals surface area contributed by atoms with Gasteiger partial charge in [0.1, 0.15) is 0 Å². The minimum atomic E-state index is 0.254. The second kappa shape index (κ2) is 4.11. The van der Waals surface area contributed by atoms with Crippen LogP contribution in [0.15, 0.2) is 12.1 Å². The SMILES string of the molecule is CCOc1cc2c(cc1O)CCN[C@H]2C. The minimum absolute atomic E-state index is 0.254. The molecule has 82 valence electrons. The Balaban J connectivity index is 2.41. The number of benzene rings is 1. The van der Waals surface area contributed by atoms with Gasteiger partial charge in [0.2, 0.25) is 0 Å². The highest BCUT2D eigenvalue weighted by molar-refractivity contribution is 5.48. The first kappa shape index (κ1) is 10.3. The molecule has 0 aliphatic carbocycles. The Hall–Kier alpha value is -1.22. The normalized spacial score (nSPS) is 19.7. The second-order valence-electron chi connectivity index (χ2n) is 3.88. The third-order valence-corrected chi connectivity index (χ3v) is 2.83. The number of ether oxygens (including phenoxy) is 1. The third-order valence-electron chi connectivity index (χ3n) is 2.83. The van der Waals surface area contributed by atoms with E-state index >= 15 is 0 Å². The summed E-state index contributed by atoms with van der Waals surface area (Å²) in [4.78, 5) is 0. The lowest BCUT2D eigenvalue weighted by atomic mass is 9.95. The molecule has 3 heteroatoms. The largest absolute Gasteiger partial charge is 0.504 e. The lowest BCUT2D eigenvalue weighted by Gasteiger charge is -2.24. The van der Waals surface area contributed by atoms with Crippen LogP contribution in [-0.2, 0) is 6.42 Å². The molecule has 0 bridgehead atoms. The van der Waals surface area contributed by atoms with Gasteiger partial charge in [0, 0.05) is 6.04 Å². The summed E-state index contributed by atoms with van der Waals surface area (Å²) in [7, 11) is 0. The van der Waals surface area contributed by atoms with Crippen molar-refractivity contribution in [1.29, 1.82) is 0 Å². The lowest BCUT2D eigenvalue weighted by molar-refractivity contribution is 0.316. The van der Waals surface area contributed by atoms with E-state index in [9.17, 15) is 5.11 Å². The maximum absolute atomic E-state index is 9.74. The molecule has 0 saturated heterocycles. The van der Waals surface area contributed by atoms with Crippen molar-refractivity contribution in [2.45, 2.75) is 26.3 Å². The number of fused-ring (bicyclic) bond motifs is 1. The zero-order chi connectivity index (χ0) is 10.8. The molecule has 15 heavy (non-hydrogen) atoms. The van der Waals surface area contributed by atoms with Gasteiger partial charge < -0.3 is 15.2 Å². The van der Waals surface area contributed by atoms with Crippen LogP contribution < -0.4 is 10.1 Å². The van der Waals surface area contributed by atoms with Crippen molar-refractivity contribution in [1.82, 2.24) is 5.32 Å². The van der Waals surface area contributed by atoms with E-state index in [4.69, 9.17) is 4.74 Å². The van der Waals surface area contributed by atoms with Crippen LogP contribution in [0.3, 0.4) is 0 Å².